The van der Waals surface area contributed by atoms with Gasteiger partial charge in [-0.05, 0) is 42.5 Å². The van der Waals surface area contributed by atoms with Crippen LogP contribution in [-0.2, 0) is 9.59 Å². The van der Waals surface area contributed by atoms with Gasteiger partial charge >= 0.3 is 0 Å². The fourth-order valence-corrected chi connectivity index (χ4v) is 3.97. The number of pyridine rings is 1. The van der Waals surface area contributed by atoms with Crippen LogP contribution in [0.3, 0.4) is 0 Å². The third-order valence-corrected chi connectivity index (χ3v) is 5.75. The molecule has 1 saturated heterocycles. The summed E-state index contributed by atoms with van der Waals surface area (Å²) in [5.74, 6) is -0.901. The van der Waals surface area contributed by atoms with Gasteiger partial charge in [-0.2, -0.15) is 0 Å². The van der Waals surface area contributed by atoms with Crippen molar-refractivity contribution in [2.45, 2.75) is 6.04 Å². The van der Waals surface area contributed by atoms with Gasteiger partial charge in [-0.3, -0.25) is 19.5 Å². The number of carbonyl (C=O) groups is 2. The number of aromatic nitrogens is 1. The quantitative estimate of drug-likeness (QED) is 0.319. The van der Waals surface area contributed by atoms with Crippen molar-refractivity contribution in [3.8, 4) is 11.5 Å². The van der Waals surface area contributed by atoms with E-state index in [1.807, 2.05) is 0 Å². The number of rotatable bonds is 5. The number of anilines is 1. The zero-order chi connectivity index (χ0) is 22.8. The van der Waals surface area contributed by atoms with Crippen LogP contribution in [0, 0.1) is 0 Å². The molecule has 3 aromatic rings. The molecule has 1 fully saturated rings. The zero-order valence-electron chi connectivity index (χ0n) is 17.3. The van der Waals surface area contributed by atoms with Gasteiger partial charge in [0.1, 0.15) is 17.3 Å². The number of aliphatic hydroxyl groups is 1. The van der Waals surface area contributed by atoms with E-state index in [4.69, 9.17) is 9.47 Å². The average Bonchev–Trinajstić information content (AvgIpc) is 3.09. The molecule has 2 aromatic carbocycles. The highest BCUT2D eigenvalue weighted by atomic mass is 79.9. The lowest BCUT2D eigenvalue weighted by molar-refractivity contribution is -0.132. The molecule has 7 nitrogen and oxygen atoms in total. The predicted octanol–water partition coefficient (Wildman–Crippen LogP) is 4.49. The summed E-state index contributed by atoms with van der Waals surface area (Å²) in [6.07, 6.45) is 3.06. The van der Waals surface area contributed by atoms with E-state index in [1.165, 1.54) is 25.3 Å². The molecular weight excluding hydrogens is 476 g/mol. The van der Waals surface area contributed by atoms with Crippen molar-refractivity contribution >= 4 is 39.1 Å². The van der Waals surface area contributed by atoms with Crippen LogP contribution in [-0.4, -0.2) is 36.0 Å². The molecule has 32 heavy (non-hydrogen) atoms. The van der Waals surface area contributed by atoms with Crippen molar-refractivity contribution in [3.05, 3.63) is 88.2 Å². The summed E-state index contributed by atoms with van der Waals surface area (Å²) in [6, 6.07) is 14.3. The van der Waals surface area contributed by atoms with E-state index in [0.717, 1.165) is 4.47 Å². The van der Waals surface area contributed by atoms with Crippen molar-refractivity contribution in [1.29, 1.82) is 0 Å². The maximum atomic E-state index is 13.2. The van der Waals surface area contributed by atoms with Gasteiger partial charge in [-0.25, -0.2) is 0 Å². The van der Waals surface area contributed by atoms with Crippen LogP contribution in [0.4, 0.5) is 5.69 Å². The Morgan fingerprint density at radius 1 is 1.06 bits per heavy atom. The fourth-order valence-electron chi connectivity index (χ4n) is 3.71. The summed E-state index contributed by atoms with van der Waals surface area (Å²) in [6.45, 7) is 0. The molecular formula is C24H19BrN2O5. The lowest BCUT2D eigenvalue weighted by atomic mass is 9.94. The number of hydrogen-bond donors (Lipinski definition) is 1. The number of methoxy groups -OCH3 is 2. The molecule has 1 unspecified atom stereocenters. The van der Waals surface area contributed by atoms with E-state index < -0.39 is 17.7 Å². The largest absolute Gasteiger partial charge is 0.507 e. The first-order chi connectivity index (χ1) is 15.5. The molecule has 0 spiro atoms. The van der Waals surface area contributed by atoms with E-state index in [2.05, 4.69) is 20.9 Å². The molecule has 1 aliphatic heterocycles. The Morgan fingerprint density at radius 2 is 1.81 bits per heavy atom. The van der Waals surface area contributed by atoms with Gasteiger partial charge in [-0.15, -0.1) is 0 Å². The van der Waals surface area contributed by atoms with E-state index in [0.29, 0.717) is 28.3 Å². The minimum absolute atomic E-state index is 0.0484. The maximum absolute atomic E-state index is 13.2. The second kappa shape index (κ2) is 8.84. The zero-order valence-corrected chi connectivity index (χ0v) is 18.9. The molecule has 1 aliphatic rings. The molecule has 0 saturated carbocycles. The van der Waals surface area contributed by atoms with Crippen LogP contribution < -0.4 is 14.4 Å². The van der Waals surface area contributed by atoms with E-state index >= 15 is 0 Å². The van der Waals surface area contributed by atoms with Crippen LogP contribution in [0.5, 0.6) is 11.5 Å². The second-order valence-corrected chi connectivity index (χ2v) is 7.91. The van der Waals surface area contributed by atoms with Gasteiger partial charge in [0.25, 0.3) is 11.7 Å². The summed E-state index contributed by atoms with van der Waals surface area (Å²) in [5, 5.41) is 11.2. The Bertz CT molecular complexity index is 1210. The summed E-state index contributed by atoms with van der Waals surface area (Å²) in [5.41, 5.74) is 1.27. The number of ketones is 1. The summed E-state index contributed by atoms with van der Waals surface area (Å²) in [7, 11) is 3.02. The summed E-state index contributed by atoms with van der Waals surface area (Å²) >= 11 is 3.36. The third-order valence-electron chi connectivity index (χ3n) is 5.22. The number of hydrogen-bond acceptors (Lipinski definition) is 6. The molecule has 1 amide bonds. The van der Waals surface area contributed by atoms with Gasteiger partial charge in [0, 0.05) is 21.8 Å². The van der Waals surface area contributed by atoms with Crippen LogP contribution in [0.2, 0.25) is 0 Å². The number of nitrogens with zero attached hydrogens (tertiary/aromatic N) is 2. The minimum atomic E-state index is -0.951. The number of benzene rings is 2. The fraction of sp³-hybridized carbons (Fsp3) is 0.125. The Labute approximate surface area is 193 Å². The Morgan fingerprint density at radius 3 is 2.44 bits per heavy atom. The molecule has 0 aliphatic carbocycles. The maximum Gasteiger partial charge on any atom is 0.300 e. The Kier molecular flexibility index (Phi) is 5.96. The number of aliphatic hydroxyl groups excluding tert-OH is 1. The van der Waals surface area contributed by atoms with Gasteiger partial charge in [-0.1, -0.05) is 28.1 Å². The van der Waals surface area contributed by atoms with E-state index in [-0.39, 0.29) is 11.3 Å². The second-order valence-electron chi connectivity index (χ2n) is 7.00. The minimum Gasteiger partial charge on any atom is -0.507 e. The molecule has 0 radical (unpaired) electrons. The monoisotopic (exact) mass is 494 g/mol. The Balaban J connectivity index is 2.01. The van der Waals surface area contributed by atoms with Gasteiger partial charge in [0.05, 0.1) is 37.7 Å². The van der Waals surface area contributed by atoms with Crippen LogP contribution >= 0.6 is 15.9 Å². The number of Topliss-reactive ketones (excluding diaryl/α,β-unsaturated/α-hetero) is 1. The first kappa shape index (κ1) is 21.6. The third kappa shape index (κ3) is 3.73. The van der Waals surface area contributed by atoms with Crippen molar-refractivity contribution in [2.24, 2.45) is 0 Å². The standard InChI is InChI=1S/C24H19BrN2O5/c1-31-17-9-10-19(32-2)18(12-17)21-20(22(28)14-5-7-15(25)8-6-14)23(29)24(30)27(21)16-4-3-11-26-13-16/h3-13,21,28H,1-2H3/b22-20+. The number of ether oxygens (including phenoxy) is 2. The van der Waals surface area contributed by atoms with Crippen molar-refractivity contribution in [3.63, 3.8) is 0 Å². The highest BCUT2D eigenvalue weighted by molar-refractivity contribution is 9.10. The number of carbonyl (C=O) groups excluding carboxylic acids is 2. The summed E-state index contributed by atoms with van der Waals surface area (Å²) < 4.78 is 11.7. The molecule has 1 N–H and O–H groups in total. The highest BCUT2D eigenvalue weighted by Gasteiger charge is 2.48. The van der Waals surface area contributed by atoms with Crippen molar-refractivity contribution < 1.29 is 24.2 Å². The van der Waals surface area contributed by atoms with Crippen LogP contribution in [0.25, 0.3) is 5.76 Å². The topological polar surface area (TPSA) is 89.0 Å². The SMILES string of the molecule is COc1ccc(OC)c(C2/C(=C(\O)c3ccc(Br)cc3)C(=O)C(=O)N2c2cccnc2)c1. The smallest absolute Gasteiger partial charge is 0.300 e. The van der Waals surface area contributed by atoms with Gasteiger partial charge < -0.3 is 14.6 Å². The van der Waals surface area contributed by atoms with Gasteiger partial charge in [0.15, 0.2) is 0 Å². The van der Waals surface area contributed by atoms with E-state index in [1.54, 1.807) is 60.8 Å². The van der Waals surface area contributed by atoms with E-state index in [9.17, 15) is 14.7 Å². The lowest BCUT2D eigenvalue weighted by Crippen LogP contribution is -2.29. The first-order valence-electron chi connectivity index (χ1n) is 9.65. The normalized spacial score (nSPS) is 17.5. The predicted molar refractivity (Wildman–Crippen MR) is 123 cm³/mol. The average molecular weight is 495 g/mol. The summed E-state index contributed by atoms with van der Waals surface area (Å²) in [4.78, 5) is 31.8. The van der Waals surface area contributed by atoms with Gasteiger partial charge in [0.2, 0.25) is 0 Å². The molecule has 0 bridgehead atoms. The lowest BCUT2D eigenvalue weighted by Gasteiger charge is -2.26. The van der Waals surface area contributed by atoms with Crippen LogP contribution in [0.15, 0.2) is 77.0 Å². The van der Waals surface area contributed by atoms with Crippen molar-refractivity contribution in [1.82, 2.24) is 4.98 Å². The van der Waals surface area contributed by atoms with Crippen molar-refractivity contribution in [2.75, 3.05) is 19.1 Å². The number of amides is 1. The first-order valence-corrected chi connectivity index (χ1v) is 10.4. The molecule has 162 valence electrons. The molecule has 1 atom stereocenters. The molecule has 2 heterocycles. The van der Waals surface area contributed by atoms with Crippen LogP contribution in [0.1, 0.15) is 17.2 Å². The molecule has 1 aromatic heterocycles. The Hall–Kier alpha value is -3.65. The highest BCUT2D eigenvalue weighted by Crippen LogP contribution is 2.45. The molecule has 4 rings (SSSR count). The molecule has 8 heteroatoms. The number of halogens is 1.